The van der Waals surface area contributed by atoms with Crippen LogP contribution in [0, 0.1) is 23.1 Å². The van der Waals surface area contributed by atoms with E-state index >= 15 is 0 Å². The molecule has 7 rings (SSSR count). The molecule has 5 aromatic rings. The summed E-state index contributed by atoms with van der Waals surface area (Å²) >= 11 is 1.62. The number of hydrogen-bond acceptors (Lipinski definition) is 8. The van der Waals surface area contributed by atoms with Gasteiger partial charge in [-0.1, -0.05) is 12.1 Å². The number of halogens is 1. The number of ketones is 1. The summed E-state index contributed by atoms with van der Waals surface area (Å²) in [6.45, 7) is 4.90. The first-order chi connectivity index (χ1) is 20.9. The van der Waals surface area contributed by atoms with E-state index in [1.807, 2.05) is 42.0 Å². The number of aromatic nitrogens is 4. The number of thiazole rings is 1. The van der Waals surface area contributed by atoms with Crippen molar-refractivity contribution in [3.05, 3.63) is 105 Å². The Morgan fingerprint density at radius 1 is 1.19 bits per heavy atom. The Morgan fingerprint density at radius 2 is 2.09 bits per heavy atom. The van der Waals surface area contributed by atoms with Crippen LogP contribution in [0.2, 0.25) is 0 Å². The van der Waals surface area contributed by atoms with Crippen LogP contribution in [0.1, 0.15) is 57.6 Å². The van der Waals surface area contributed by atoms with Gasteiger partial charge in [0.25, 0.3) is 0 Å². The lowest BCUT2D eigenvalue weighted by molar-refractivity contribution is 0.101. The number of carbonyl (C=O) groups is 1. The van der Waals surface area contributed by atoms with Gasteiger partial charge in [-0.3, -0.25) is 14.7 Å². The van der Waals surface area contributed by atoms with Crippen LogP contribution in [-0.4, -0.2) is 43.3 Å². The predicted octanol–water partition coefficient (Wildman–Crippen LogP) is 5.89. The normalized spacial score (nSPS) is 19.6. The number of rotatable bonds is 9. The molecule has 0 amide bonds. The molecule has 0 spiro atoms. The first kappa shape index (κ1) is 27.4. The van der Waals surface area contributed by atoms with Crippen molar-refractivity contribution >= 4 is 28.2 Å². The van der Waals surface area contributed by atoms with Crippen LogP contribution >= 0.6 is 11.3 Å². The quantitative estimate of drug-likeness (QED) is 0.197. The van der Waals surface area contributed by atoms with Gasteiger partial charge in [-0.2, -0.15) is 5.26 Å². The summed E-state index contributed by atoms with van der Waals surface area (Å²) in [7, 11) is 0. The number of imidazole rings is 1. The number of likely N-dealkylation sites (tertiary alicyclic amines) is 1. The van der Waals surface area contributed by atoms with Crippen molar-refractivity contribution in [1.82, 2.24) is 24.4 Å². The van der Waals surface area contributed by atoms with E-state index in [0.29, 0.717) is 29.5 Å². The van der Waals surface area contributed by atoms with Crippen LogP contribution in [-0.2, 0) is 25.1 Å². The van der Waals surface area contributed by atoms with E-state index in [-0.39, 0.29) is 23.4 Å². The second kappa shape index (κ2) is 11.0. The van der Waals surface area contributed by atoms with Gasteiger partial charge in [0.1, 0.15) is 18.2 Å². The molecule has 1 aliphatic carbocycles. The van der Waals surface area contributed by atoms with Crippen LogP contribution < -0.4 is 4.74 Å². The summed E-state index contributed by atoms with van der Waals surface area (Å²) < 4.78 is 22.4. The van der Waals surface area contributed by atoms with Gasteiger partial charge in [0.2, 0.25) is 5.88 Å². The third-order valence-electron chi connectivity index (χ3n) is 8.77. The maximum atomic E-state index is 14.3. The summed E-state index contributed by atoms with van der Waals surface area (Å²) in [5, 5.41) is 8.97. The molecule has 0 radical (unpaired) electrons. The fourth-order valence-corrected chi connectivity index (χ4v) is 6.88. The summed E-state index contributed by atoms with van der Waals surface area (Å²) in [6, 6.07) is 17.9. The Balaban J connectivity index is 1.05. The van der Waals surface area contributed by atoms with E-state index in [0.717, 1.165) is 59.9 Å². The monoisotopic (exact) mass is 592 g/mol. The molecule has 2 fully saturated rings. The number of nitrogens with zero attached hydrogens (tertiary/aromatic N) is 6. The standard InChI is InChI=1S/C33H29FN6O2S/c1-21(41)23-7-8-28-29(12-23)40(17-26-15-36-20-43-26)31(37-28)18-39-10-9-33(13-25(33)16-39)30-3-2-4-32(38-30)42-19-24-6-5-22(14-35)11-27(24)34/h2-8,11-12,15,20,25H,9-10,13,16-19H2,1H3. The molecule has 3 aromatic heterocycles. The van der Waals surface area contributed by atoms with Crippen LogP contribution in [0.5, 0.6) is 5.88 Å². The minimum atomic E-state index is -0.455. The molecule has 2 aliphatic rings. The smallest absolute Gasteiger partial charge is 0.213 e. The first-order valence-electron chi connectivity index (χ1n) is 14.3. The average molecular weight is 593 g/mol. The third kappa shape index (κ3) is 5.31. The van der Waals surface area contributed by atoms with Crippen molar-refractivity contribution in [1.29, 1.82) is 5.26 Å². The highest BCUT2D eigenvalue weighted by Gasteiger charge is 2.58. The maximum Gasteiger partial charge on any atom is 0.213 e. The van der Waals surface area contributed by atoms with Crippen molar-refractivity contribution in [3.8, 4) is 11.9 Å². The summed E-state index contributed by atoms with van der Waals surface area (Å²) in [6.07, 6.45) is 3.95. The molecule has 0 N–H and O–H groups in total. The van der Waals surface area contributed by atoms with Gasteiger partial charge in [0, 0.05) is 40.2 Å². The molecule has 2 unspecified atom stereocenters. The summed E-state index contributed by atoms with van der Waals surface area (Å²) in [4.78, 5) is 29.8. The molecule has 1 saturated carbocycles. The molecular weight excluding hydrogens is 563 g/mol. The largest absolute Gasteiger partial charge is 0.473 e. The Labute approximate surface area is 252 Å². The number of piperidine rings is 1. The number of fused-ring (bicyclic) bond motifs is 2. The number of pyridine rings is 1. The molecule has 2 aromatic carbocycles. The van der Waals surface area contributed by atoms with Crippen LogP contribution in [0.3, 0.4) is 0 Å². The molecular formula is C33H29FN6O2S. The van der Waals surface area contributed by atoms with Gasteiger partial charge in [0.05, 0.1) is 47.0 Å². The van der Waals surface area contributed by atoms with E-state index in [2.05, 4.69) is 20.5 Å². The maximum absolute atomic E-state index is 14.3. The molecule has 43 heavy (non-hydrogen) atoms. The zero-order valence-electron chi connectivity index (χ0n) is 23.7. The van der Waals surface area contributed by atoms with Gasteiger partial charge >= 0.3 is 0 Å². The van der Waals surface area contributed by atoms with E-state index in [1.54, 1.807) is 36.5 Å². The Morgan fingerprint density at radius 3 is 2.86 bits per heavy atom. The van der Waals surface area contributed by atoms with Crippen LogP contribution in [0.4, 0.5) is 4.39 Å². The van der Waals surface area contributed by atoms with E-state index in [1.165, 1.54) is 6.07 Å². The van der Waals surface area contributed by atoms with Crippen molar-refractivity contribution in [2.24, 2.45) is 5.92 Å². The molecule has 0 bridgehead atoms. The number of ether oxygens (including phenoxy) is 1. The number of nitriles is 1. The second-order valence-corrected chi connectivity index (χ2v) is 12.4. The minimum Gasteiger partial charge on any atom is -0.473 e. The summed E-state index contributed by atoms with van der Waals surface area (Å²) in [5.74, 6) is 1.54. The van der Waals surface area contributed by atoms with E-state index < -0.39 is 5.82 Å². The Hall–Kier alpha value is -4.46. The number of benzene rings is 2. The van der Waals surface area contributed by atoms with E-state index in [9.17, 15) is 9.18 Å². The van der Waals surface area contributed by atoms with Gasteiger partial charge in [-0.15, -0.1) is 11.3 Å². The molecule has 10 heteroatoms. The highest BCUT2D eigenvalue weighted by molar-refractivity contribution is 7.09. The van der Waals surface area contributed by atoms with Gasteiger partial charge in [-0.25, -0.2) is 14.4 Å². The molecule has 4 heterocycles. The average Bonchev–Trinajstić information content (AvgIpc) is 3.33. The molecule has 2 atom stereocenters. The van der Waals surface area contributed by atoms with Gasteiger partial charge in [-0.05, 0) is 68.6 Å². The molecule has 1 saturated heterocycles. The first-order valence-corrected chi connectivity index (χ1v) is 15.2. The zero-order valence-corrected chi connectivity index (χ0v) is 24.5. The molecule has 8 nitrogen and oxygen atoms in total. The Bertz CT molecular complexity index is 1880. The fraction of sp³-hybridized carbons (Fsp3) is 0.303. The van der Waals surface area contributed by atoms with Gasteiger partial charge < -0.3 is 9.30 Å². The van der Waals surface area contributed by atoms with E-state index in [4.69, 9.17) is 20.0 Å². The number of Topliss-reactive ketones (excluding diaryl/α,β-unsaturated/α-hetero) is 1. The molecule has 1 aliphatic heterocycles. The lowest BCUT2D eigenvalue weighted by Gasteiger charge is -2.31. The molecule has 216 valence electrons. The van der Waals surface area contributed by atoms with Crippen molar-refractivity contribution < 1.29 is 13.9 Å². The van der Waals surface area contributed by atoms with Crippen molar-refractivity contribution in [2.75, 3.05) is 13.1 Å². The fourth-order valence-electron chi connectivity index (χ4n) is 6.30. The lowest BCUT2D eigenvalue weighted by atomic mass is 9.91. The van der Waals surface area contributed by atoms with Crippen molar-refractivity contribution in [3.63, 3.8) is 0 Å². The summed E-state index contributed by atoms with van der Waals surface area (Å²) in [5.41, 5.74) is 6.13. The van der Waals surface area contributed by atoms with Crippen LogP contribution in [0.25, 0.3) is 11.0 Å². The SMILES string of the molecule is CC(=O)c1ccc2nc(CN3CCC4(c5cccc(OCc6ccc(C#N)cc6F)n5)CC4C3)n(Cc3cncs3)c2c1. The minimum absolute atomic E-state index is 0.0364. The van der Waals surface area contributed by atoms with Crippen LogP contribution in [0.15, 0.2) is 66.3 Å². The third-order valence-corrected chi connectivity index (χ3v) is 9.54. The highest BCUT2D eigenvalue weighted by Crippen LogP contribution is 2.59. The lowest BCUT2D eigenvalue weighted by Crippen LogP contribution is -2.37. The topological polar surface area (TPSA) is 96.9 Å². The zero-order chi connectivity index (χ0) is 29.6. The highest BCUT2D eigenvalue weighted by atomic mass is 32.1. The number of carbonyl (C=O) groups excluding carboxylic acids is 1. The van der Waals surface area contributed by atoms with Gasteiger partial charge in [0.15, 0.2) is 5.78 Å². The predicted molar refractivity (Wildman–Crippen MR) is 160 cm³/mol. The van der Waals surface area contributed by atoms with Crippen molar-refractivity contribution in [2.45, 2.75) is 44.9 Å². The second-order valence-electron chi connectivity index (χ2n) is 11.5. The Kier molecular flexibility index (Phi) is 7.00. The number of hydrogen-bond donors (Lipinski definition) is 0.